The van der Waals surface area contributed by atoms with Crippen molar-refractivity contribution >= 4 is 34.5 Å². The molecular formula is C20H22IN5O. The van der Waals surface area contributed by atoms with Gasteiger partial charge >= 0.3 is 0 Å². The number of ether oxygens (including phenoxy) is 1. The van der Waals surface area contributed by atoms with Gasteiger partial charge in [0.1, 0.15) is 25.0 Å². The standard InChI is InChI=1S/C20H22IN5O/c1-3-25(4-2)19-10-7-17(12-24-26-14-22-23-15-26)20(11-19)27-13-16-5-8-18(21)9-6-16/h5-12,14-15H,3-4,13H2,1-2H3/b24-12+. The minimum atomic E-state index is 0.506. The average molecular weight is 475 g/mol. The third kappa shape index (κ3) is 5.29. The van der Waals surface area contributed by atoms with Crippen molar-refractivity contribution in [3.8, 4) is 5.75 Å². The van der Waals surface area contributed by atoms with Crippen LogP contribution in [0.15, 0.2) is 60.2 Å². The summed E-state index contributed by atoms with van der Waals surface area (Å²) >= 11 is 2.30. The monoisotopic (exact) mass is 475 g/mol. The fourth-order valence-electron chi connectivity index (χ4n) is 2.67. The van der Waals surface area contributed by atoms with Gasteiger partial charge in [-0.25, -0.2) is 4.68 Å². The van der Waals surface area contributed by atoms with Crippen molar-refractivity contribution in [3.63, 3.8) is 0 Å². The summed E-state index contributed by atoms with van der Waals surface area (Å²) in [6.45, 7) is 6.70. The molecule has 0 fully saturated rings. The quantitative estimate of drug-likeness (QED) is 0.362. The van der Waals surface area contributed by atoms with Crippen LogP contribution in [0.3, 0.4) is 0 Å². The molecule has 0 aliphatic rings. The van der Waals surface area contributed by atoms with E-state index >= 15 is 0 Å². The predicted octanol–water partition coefficient (Wildman–Crippen LogP) is 4.19. The van der Waals surface area contributed by atoms with Crippen molar-refractivity contribution in [2.75, 3.05) is 18.0 Å². The molecule has 0 bridgehead atoms. The SMILES string of the molecule is CCN(CC)c1ccc(/C=N/n2cnnc2)c(OCc2ccc(I)cc2)c1. The molecule has 3 aromatic rings. The molecule has 0 unspecified atom stereocenters. The summed E-state index contributed by atoms with van der Waals surface area (Å²) in [6.07, 6.45) is 4.86. The minimum absolute atomic E-state index is 0.506. The van der Waals surface area contributed by atoms with E-state index < -0.39 is 0 Å². The molecule has 0 amide bonds. The summed E-state index contributed by atoms with van der Waals surface area (Å²) in [5.74, 6) is 0.801. The third-order valence-electron chi connectivity index (χ3n) is 4.17. The first kappa shape index (κ1) is 19.3. The molecule has 3 rings (SSSR count). The largest absolute Gasteiger partial charge is 0.488 e. The molecular weight excluding hydrogens is 453 g/mol. The number of aromatic nitrogens is 3. The van der Waals surface area contributed by atoms with E-state index in [0.29, 0.717) is 6.61 Å². The Morgan fingerprint density at radius 1 is 1.07 bits per heavy atom. The van der Waals surface area contributed by atoms with E-state index in [1.807, 2.05) is 6.07 Å². The number of hydrogen-bond acceptors (Lipinski definition) is 5. The molecule has 0 saturated carbocycles. The number of benzene rings is 2. The summed E-state index contributed by atoms with van der Waals surface area (Å²) in [5, 5.41) is 11.9. The maximum atomic E-state index is 6.15. The number of hydrogen-bond donors (Lipinski definition) is 0. The second-order valence-electron chi connectivity index (χ2n) is 5.90. The summed E-state index contributed by atoms with van der Waals surface area (Å²) in [7, 11) is 0. The number of rotatable bonds is 8. The van der Waals surface area contributed by atoms with E-state index in [-0.39, 0.29) is 0 Å². The van der Waals surface area contributed by atoms with Gasteiger partial charge in [-0.05, 0) is 66.3 Å². The molecule has 0 radical (unpaired) electrons. The lowest BCUT2D eigenvalue weighted by Crippen LogP contribution is -2.21. The molecule has 140 valence electrons. The van der Waals surface area contributed by atoms with E-state index in [4.69, 9.17) is 4.74 Å². The first-order valence-corrected chi connectivity index (χ1v) is 9.92. The Hall–Kier alpha value is -2.42. The van der Waals surface area contributed by atoms with Gasteiger partial charge in [0.05, 0.1) is 6.21 Å². The van der Waals surface area contributed by atoms with Gasteiger partial charge in [0, 0.05) is 34.0 Å². The van der Waals surface area contributed by atoms with Crippen LogP contribution >= 0.6 is 22.6 Å². The Bertz CT molecular complexity index is 874. The van der Waals surface area contributed by atoms with Gasteiger partial charge in [-0.1, -0.05) is 12.1 Å². The Morgan fingerprint density at radius 3 is 2.44 bits per heavy atom. The van der Waals surface area contributed by atoms with Gasteiger partial charge in [0.15, 0.2) is 0 Å². The van der Waals surface area contributed by atoms with E-state index in [0.717, 1.165) is 35.7 Å². The van der Waals surface area contributed by atoms with Gasteiger partial charge < -0.3 is 9.64 Å². The Balaban J connectivity index is 1.85. The normalized spacial score (nSPS) is 11.1. The summed E-state index contributed by atoms with van der Waals surface area (Å²) < 4.78 is 8.92. The van der Waals surface area contributed by atoms with Crippen molar-refractivity contribution in [2.45, 2.75) is 20.5 Å². The second-order valence-corrected chi connectivity index (χ2v) is 7.14. The number of anilines is 1. The zero-order valence-corrected chi connectivity index (χ0v) is 17.6. The van der Waals surface area contributed by atoms with Crippen LogP contribution in [0.25, 0.3) is 0 Å². The smallest absolute Gasteiger partial charge is 0.141 e. The van der Waals surface area contributed by atoms with Gasteiger partial charge in [-0.2, -0.15) is 5.10 Å². The Kier molecular flexibility index (Phi) is 6.80. The Morgan fingerprint density at radius 2 is 1.78 bits per heavy atom. The van der Waals surface area contributed by atoms with Gasteiger partial charge in [0.2, 0.25) is 0 Å². The van der Waals surface area contributed by atoms with Crippen molar-refractivity contribution in [1.29, 1.82) is 0 Å². The van der Waals surface area contributed by atoms with E-state index in [1.165, 1.54) is 3.57 Å². The molecule has 1 aromatic heterocycles. The van der Waals surface area contributed by atoms with Crippen molar-refractivity contribution < 1.29 is 4.74 Å². The summed E-state index contributed by atoms with van der Waals surface area (Å²) in [4.78, 5) is 2.29. The number of nitrogens with zero attached hydrogens (tertiary/aromatic N) is 5. The van der Waals surface area contributed by atoms with E-state index in [9.17, 15) is 0 Å². The molecule has 0 aliphatic carbocycles. The second kappa shape index (κ2) is 9.50. The summed E-state index contributed by atoms with van der Waals surface area (Å²) in [6, 6.07) is 14.5. The van der Waals surface area contributed by atoms with Crippen molar-refractivity contribution in [2.24, 2.45) is 5.10 Å². The van der Waals surface area contributed by atoms with Crippen LogP contribution in [0.2, 0.25) is 0 Å². The van der Waals surface area contributed by atoms with Gasteiger partial charge in [-0.3, -0.25) is 0 Å². The minimum Gasteiger partial charge on any atom is -0.488 e. The molecule has 0 saturated heterocycles. The van der Waals surface area contributed by atoms with Crippen LogP contribution in [-0.2, 0) is 6.61 Å². The highest BCUT2D eigenvalue weighted by molar-refractivity contribution is 14.1. The van der Waals surface area contributed by atoms with Crippen LogP contribution in [-0.4, -0.2) is 34.2 Å². The Labute approximate surface area is 173 Å². The molecule has 27 heavy (non-hydrogen) atoms. The molecule has 1 heterocycles. The highest BCUT2D eigenvalue weighted by atomic mass is 127. The first-order valence-electron chi connectivity index (χ1n) is 8.84. The lowest BCUT2D eigenvalue weighted by atomic mass is 10.1. The molecule has 6 nitrogen and oxygen atoms in total. The topological polar surface area (TPSA) is 55.5 Å². The molecule has 2 aromatic carbocycles. The molecule has 0 atom stereocenters. The van der Waals surface area contributed by atoms with Crippen molar-refractivity contribution in [1.82, 2.24) is 14.9 Å². The molecule has 7 heteroatoms. The van der Waals surface area contributed by atoms with Crippen LogP contribution in [0, 0.1) is 3.57 Å². The fraction of sp³-hybridized carbons (Fsp3) is 0.250. The summed E-state index contributed by atoms with van der Waals surface area (Å²) in [5.41, 5.74) is 3.18. The predicted molar refractivity (Wildman–Crippen MR) is 117 cm³/mol. The van der Waals surface area contributed by atoms with E-state index in [1.54, 1.807) is 23.5 Å². The third-order valence-corrected chi connectivity index (χ3v) is 4.89. The lowest BCUT2D eigenvalue weighted by molar-refractivity contribution is 0.306. The average Bonchev–Trinajstić information content (AvgIpc) is 3.21. The maximum absolute atomic E-state index is 6.15. The fourth-order valence-corrected chi connectivity index (χ4v) is 3.03. The van der Waals surface area contributed by atoms with E-state index in [2.05, 4.69) is 93.0 Å². The van der Waals surface area contributed by atoms with Crippen LogP contribution < -0.4 is 9.64 Å². The van der Waals surface area contributed by atoms with Crippen molar-refractivity contribution in [3.05, 3.63) is 69.8 Å². The molecule has 0 aliphatic heterocycles. The zero-order chi connectivity index (χ0) is 19.1. The highest BCUT2D eigenvalue weighted by Crippen LogP contribution is 2.26. The highest BCUT2D eigenvalue weighted by Gasteiger charge is 2.08. The van der Waals surface area contributed by atoms with Gasteiger partial charge in [-0.15, -0.1) is 10.2 Å². The molecule has 0 spiro atoms. The number of halogens is 1. The van der Waals surface area contributed by atoms with Crippen LogP contribution in [0.1, 0.15) is 25.0 Å². The van der Waals surface area contributed by atoms with Crippen LogP contribution in [0.4, 0.5) is 5.69 Å². The maximum Gasteiger partial charge on any atom is 0.141 e. The zero-order valence-electron chi connectivity index (χ0n) is 15.4. The first-order chi connectivity index (χ1) is 13.2. The molecule has 0 N–H and O–H groups in total. The lowest BCUT2D eigenvalue weighted by Gasteiger charge is -2.22. The van der Waals surface area contributed by atoms with Crippen LogP contribution in [0.5, 0.6) is 5.75 Å². The van der Waals surface area contributed by atoms with Gasteiger partial charge in [0.25, 0.3) is 0 Å².